The standard InChI is InChI=1S/C27H31ClN2O4S/c1-3-29-35(32,33)26-12-11-20(2)17-23(26)27(31)13-15-30(16-14-27)19-21-7-6-8-22(18-21)34-25-10-5-4-9-24(25)28/h4-12,17-18,29,31H,3,13-16,19H2,1-2H3. The fraction of sp³-hybridized carbons (Fsp3) is 0.333. The van der Waals surface area contributed by atoms with Crippen LogP contribution in [0.3, 0.4) is 0 Å². The third-order valence-electron chi connectivity index (χ3n) is 6.31. The minimum atomic E-state index is -3.69. The second-order valence-corrected chi connectivity index (χ2v) is 11.1. The second kappa shape index (κ2) is 10.7. The van der Waals surface area contributed by atoms with E-state index in [0.717, 1.165) is 11.1 Å². The van der Waals surface area contributed by atoms with E-state index in [4.69, 9.17) is 16.3 Å². The zero-order valence-corrected chi connectivity index (χ0v) is 21.6. The number of piperidine rings is 1. The molecule has 0 atom stereocenters. The number of ether oxygens (including phenoxy) is 1. The molecule has 1 aliphatic rings. The molecule has 1 saturated heterocycles. The van der Waals surface area contributed by atoms with Gasteiger partial charge < -0.3 is 9.84 Å². The molecule has 3 aromatic rings. The van der Waals surface area contributed by atoms with Gasteiger partial charge in [0.15, 0.2) is 0 Å². The molecular weight excluding hydrogens is 484 g/mol. The molecule has 0 amide bonds. The number of aryl methyl sites for hydroxylation is 1. The number of rotatable bonds is 8. The highest BCUT2D eigenvalue weighted by atomic mass is 35.5. The second-order valence-electron chi connectivity index (χ2n) is 8.99. The number of halogens is 1. The largest absolute Gasteiger partial charge is 0.456 e. The minimum Gasteiger partial charge on any atom is -0.456 e. The summed E-state index contributed by atoms with van der Waals surface area (Å²) in [5.74, 6) is 1.32. The van der Waals surface area contributed by atoms with Gasteiger partial charge in [0.25, 0.3) is 0 Å². The molecule has 2 N–H and O–H groups in total. The summed E-state index contributed by atoms with van der Waals surface area (Å²) in [6.07, 6.45) is 0.891. The Labute approximate surface area is 212 Å². The fourth-order valence-corrected chi connectivity index (χ4v) is 5.98. The van der Waals surface area contributed by atoms with Gasteiger partial charge in [0.2, 0.25) is 10.0 Å². The summed E-state index contributed by atoms with van der Waals surface area (Å²) in [4.78, 5) is 2.42. The number of sulfonamides is 1. The molecule has 0 aliphatic carbocycles. The van der Waals surface area contributed by atoms with Crippen molar-refractivity contribution in [1.82, 2.24) is 9.62 Å². The Morgan fingerprint density at radius 3 is 2.51 bits per heavy atom. The molecule has 0 saturated carbocycles. The van der Waals surface area contributed by atoms with Gasteiger partial charge >= 0.3 is 0 Å². The van der Waals surface area contributed by atoms with Crippen molar-refractivity contribution in [2.24, 2.45) is 0 Å². The van der Waals surface area contributed by atoms with Crippen LogP contribution in [0.2, 0.25) is 5.02 Å². The molecule has 1 fully saturated rings. The molecule has 4 rings (SSSR count). The van der Waals surface area contributed by atoms with Crippen molar-refractivity contribution in [1.29, 1.82) is 0 Å². The Kier molecular flexibility index (Phi) is 7.83. The van der Waals surface area contributed by atoms with E-state index in [9.17, 15) is 13.5 Å². The Bertz CT molecular complexity index is 1290. The Hall–Kier alpha value is -2.42. The summed E-state index contributed by atoms with van der Waals surface area (Å²) in [5.41, 5.74) is 1.29. The predicted molar refractivity (Wildman–Crippen MR) is 138 cm³/mol. The van der Waals surface area contributed by atoms with Crippen LogP contribution in [0.1, 0.15) is 36.5 Å². The quantitative estimate of drug-likeness (QED) is 0.430. The number of benzene rings is 3. The number of para-hydroxylation sites is 1. The van der Waals surface area contributed by atoms with Gasteiger partial charge in [0.1, 0.15) is 11.5 Å². The molecule has 1 heterocycles. The van der Waals surface area contributed by atoms with Crippen molar-refractivity contribution >= 4 is 21.6 Å². The van der Waals surface area contributed by atoms with Crippen LogP contribution in [-0.2, 0) is 22.2 Å². The van der Waals surface area contributed by atoms with Crippen LogP contribution in [0.4, 0.5) is 0 Å². The van der Waals surface area contributed by atoms with Gasteiger partial charge in [0, 0.05) is 31.7 Å². The SMILES string of the molecule is CCNS(=O)(=O)c1ccc(C)cc1C1(O)CCN(Cc2cccc(Oc3ccccc3Cl)c2)CC1. The van der Waals surface area contributed by atoms with Gasteiger partial charge in [-0.15, -0.1) is 0 Å². The molecule has 8 heteroatoms. The number of likely N-dealkylation sites (tertiary alicyclic amines) is 1. The van der Waals surface area contributed by atoms with Crippen molar-refractivity contribution in [3.05, 3.63) is 88.4 Å². The Morgan fingerprint density at radius 2 is 1.80 bits per heavy atom. The van der Waals surface area contributed by atoms with Crippen LogP contribution < -0.4 is 9.46 Å². The van der Waals surface area contributed by atoms with Crippen LogP contribution in [0, 0.1) is 6.92 Å². The summed E-state index contributed by atoms with van der Waals surface area (Å²) in [6.45, 7) is 5.92. The molecule has 0 spiro atoms. The maximum atomic E-state index is 12.8. The third kappa shape index (κ3) is 6.05. The van der Waals surface area contributed by atoms with E-state index >= 15 is 0 Å². The molecule has 35 heavy (non-hydrogen) atoms. The molecule has 0 bridgehead atoms. The lowest BCUT2D eigenvalue weighted by Gasteiger charge is -2.39. The maximum absolute atomic E-state index is 12.8. The van der Waals surface area contributed by atoms with E-state index in [2.05, 4.69) is 9.62 Å². The number of aliphatic hydroxyl groups is 1. The first kappa shape index (κ1) is 25.7. The van der Waals surface area contributed by atoms with E-state index in [1.54, 1.807) is 31.2 Å². The number of hydrogen-bond donors (Lipinski definition) is 2. The van der Waals surface area contributed by atoms with E-state index in [1.807, 2.05) is 49.4 Å². The molecule has 186 valence electrons. The van der Waals surface area contributed by atoms with Crippen LogP contribution in [-0.4, -0.2) is 38.1 Å². The number of hydrogen-bond acceptors (Lipinski definition) is 5. The average Bonchev–Trinajstić information content (AvgIpc) is 2.82. The zero-order chi connectivity index (χ0) is 25.1. The van der Waals surface area contributed by atoms with Crippen LogP contribution in [0.25, 0.3) is 0 Å². The van der Waals surface area contributed by atoms with Crippen molar-refractivity contribution in [2.45, 2.75) is 43.7 Å². The van der Waals surface area contributed by atoms with Crippen LogP contribution in [0.5, 0.6) is 11.5 Å². The van der Waals surface area contributed by atoms with Crippen molar-refractivity contribution in [3.8, 4) is 11.5 Å². The third-order valence-corrected chi connectivity index (χ3v) is 8.23. The fourth-order valence-electron chi connectivity index (χ4n) is 4.48. The van der Waals surface area contributed by atoms with Crippen molar-refractivity contribution in [3.63, 3.8) is 0 Å². The average molecular weight is 515 g/mol. The molecule has 1 aliphatic heterocycles. The molecule has 0 unspecified atom stereocenters. The van der Waals surface area contributed by atoms with Gasteiger partial charge in [-0.2, -0.15) is 0 Å². The highest BCUT2D eigenvalue weighted by molar-refractivity contribution is 7.89. The highest BCUT2D eigenvalue weighted by Crippen LogP contribution is 2.37. The van der Waals surface area contributed by atoms with E-state index < -0.39 is 15.6 Å². The minimum absolute atomic E-state index is 0.158. The first-order valence-electron chi connectivity index (χ1n) is 11.8. The van der Waals surface area contributed by atoms with Gasteiger partial charge in [-0.05, 0) is 55.7 Å². The topological polar surface area (TPSA) is 78.9 Å². The van der Waals surface area contributed by atoms with E-state index in [-0.39, 0.29) is 4.90 Å². The molecule has 6 nitrogen and oxygen atoms in total. The van der Waals surface area contributed by atoms with Gasteiger partial charge in [-0.3, -0.25) is 4.90 Å². The van der Waals surface area contributed by atoms with Crippen molar-refractivity contribution in [2.75, 3.05) is 19.6 Å². The monoisotopic (exact) mass is 514 g/mol. The first-order valence-corrected chi connectivity index (χ1v) is 13.6. The lowest BCUT2D eigenvalue weighted by Crippen LogP contribution is -2.43. The highest BCUT2D eigenvalue weighted by Gasteiger charge is 2.38. The predicted octanol–water partition coefficient (Wildman–Crippen LogP) is 5.22. The summed E-state index contributed by atoms with van der Waals surface area (Å²) in [5, 5.41) is 12.1. The molecule has 0 aromatic heterocycles. The molecule has 0 radical (unpaired) electrons. The van der Waals surface area contributed by atoms with Crippen LogP contribution in [0.15, 0.2) is 71.6 Å². The van der Waals surface area contributed by atoms with Crippen molar-refractivity contribution < 1.29 is 18.3 Å². The first-order chi connectivity index (χ1) is 16.7. The van der Waals surface area contributed by atoms with Gasteiger partial charge in [0.05, 0.1) is 15.5 Å². The smallest absolute Gasteiger partial charge is 0.240 e. The van der Waals surface area contributed by atoms with E-state index in [0.29, 0.717) is 61.1 Å². The normalized spacial score (nSPS) is 16.2. The van der Waals surface area contributed by atoms with E-state index in [1.165, 1.54) is 0 Å². The lowest BCUT2D eigenvalue weighted by molar-refractivity contribution is -0.0299. The summed E-state index contributed by atoms with van der Waals surface area (Å²) in [6, 6.07) is 20.4. The number of nitrogens with one attached hydrogen (secondary N) is 1. The Balaban J connectivity index is 1.46. The Morgan fingerprint density at radius 1 is 1.06 bits per heavy atom. The summed E-state index contributed by atoms with van der Waals surface area (Å²) < 4.78 is 34.1. The summed E-state index contributed by atoms with van der Waals surface area (Å²) >= 11 is 6.21. The van der Waals surface area contributed by atoms with Gasteiger partial charge in [-0.1, -0.05) is 60.5 Å². The van der Waals surface area contributed by atoms with Crippen LogP contribution >= 0.6 is 11.6 Å². The maximum Gasteiger partial charge on any atom is 0.240 e. The van der Waals surface area contributed by atoms with Gasteiger partial charge in [-0.25, -0.2) is 13.1 Å². The molecular formula is C27H31ClN2O4S. The summed E-state index contributed by atoms with van der Waals surface area (Å²) in [7, 11) is -3.69. The zero-order valence-electron chi connectivity index (χ0n) is 20.0. The number of nitrogens with zero attached hydrogens (tertiary/aromatic N) is 1. The molecule has 3 aromatic carbocycles. The lowest BCUT2D eigenvalue weighted by atomic mass is 9.83.